The average Bonchev–Trinajstić information content (AvgIpc) is 2.93. The van der Waals surface area contributed by atoms with Gasteiger partial charge in [-0.05, 0) is 42.3 Å². The summed E-state index contributed by atoms with van der Waals surface area (Å²) in [5.41, 5.74) is 2.33. The Hall–Kier alpha value is -2.77. The number of anilines is 1. The molecule has 0 saturated carbocycles. The molecule has 0 unspecified atom stereocenters. The molecular formula is C20H19ClFN3O3. The van der Waals surface area contributed by atoms with Gasteiger partial charge in [0.1, 0.15) is 5.82 Å². The van der Waals surface area contributed by atoms with E-state index in [1.807, 2.05) is 0 Å². The Labute approximate surface area is 167 Å². The highest BCUT2D eigenvalue weighted by Crippen LogP contribution is 2.25. The van der Waals surface area contributed by atoms with Gasteiger partial charge in [0.15, 0.2) is 0 Å². The molecule has 0 aromatic heterocycles. The lowest BCUT2D eigenvalue weighted by Crippen LogP contribution is -2.33. The molecule has 3 amide bonds. The van der Waals surface area contributed by atoms with Crippen molar-refractivity contribution in [3.8, 4) is 0 Å². The highest BCUT2D eigenvalue weighted by atomic mass is 35.5. The van der Waals surface area contributed by atoms with Gasteiger partial charge in [-0.3, -0.25) is 19.3 Å². The van der Waals surface area contributed by atoms with Gasteiger partial charge in [0.25, 0.3) is 11.8 Å². The summed E-state index contributed by atoms with van der Waals surface area (Å²) < 4.78 is 14.6. The molecule has 0 radical (unpaired) electrons. The van der Waals surface area contributed by atoms with Gasteiger partial charge >= 0.3 is 0 Å². The zero-order valence-electron chi connectivity index (χ0n) is 15.0. The Morgan fingerprint density at radius 3 is 2.46 bits per heavy atom. The minimum Gasteiger partial charge on any atom is -0.324 e. The minimum atomic E-state index is -0.445. The summed E-state index contributed by atoms with van der Waals surface area (Å²) in [4.78, 5) is 37.9. The molecule has 2 aliphatic rings. The number of carbonyl (C=O) groups excluding carboxylic acids is 3. The van der Waals surface area contributed by atoms with E-state index in [0.717, 1.165) is 10.5 Å². The predicted octanol–water partition coefficient (Wildman–Crippen LogP) is 2.52. The predicted molar refractivity (Wildman–Crippen MR) is 104 cm³/mol. The van der Waals surface area contributed by atoms with E-state index in [2.05, 4.69) is 10.6 Å². The van der Waals surface area contributed by atoms with Gasteiger partial charge < -0.3 is 10.6 Å². The number of hydrogen-bond donors (Lipinski definition) is 2. The summed E-state index contributed by atoms with van der Waals surface area (Å²) in [7, 11) is 0. The summed E-state index contributed by atoms with van der Waals surface area (Å²) in [6.45, 7) is 1.26. The second kappa shape index (κ2) is 8.08. The van der Waals surface area contributed by atoms with Crippen molar-refractivity contribution in [1.29, 1.82) is 0 Å². The molecule has 6 nitrogen and oxygen atoms in total. The number of halogens is 2. The molecule has 28 heavy (non-hydrogen) atoms. The maximum atomic E-state index is 14.6. The largest absolute Gasteiger partial charge is 0.324 e. The Kier molecular flexibility index (Phi) is 5.76. The molecule has 2 aromatic rings. The standard InChI is InChI=1S/C20H18FN3O3.ClH/c21-18-13-7-9-22-11-12(13)5-6-16(18)23-17(25)8-10-24-19(26)14-3-1-2-4-15(14)20(24)27;/h1-6,22H,7-11H2,(H,23,25);1H. The first-order chi connectivity index (χ1) is 13.1. The van der Waals surface area contributed by atoms with Crippen LogP contribution < -0.4 is 10.6 Å². The van der Waals surface area contributed by atoms with Gasteiger partial charge in [-0.1, -0.05) is 18.2 Å². The van der Waals surface area contributed by atoms with E-state index in [0.29, 0.717) is 36.2 Å². The topological polar surface area (TPSA) is 78.5 Å². The van der Waals surface area contributed by atoms with Crippen molar-refractivity contribution in [2.75, 3.05) is 18.4 Å². The van der Waals surface area contributed by atoms with Gasteiger partial charge in [-0.2, -0.15) is 0 Å². The van der Waals surface area contributed by atoms with Gasteiger partial charge in [0.2, 0.25) is 5.91 Å². The van der Waals surface area contributed by atoms with Crippen LogP contribution >= 0.6 is 12.4 Å². The minimum absolute atomic E-state index is 0. The van der Waals surface area contributed by atoms with Crippen LogP contribution in [0, 0.1) is 5.82 Å². The second-order valence-electron chi connectivity index (χ2n) is 6.60. The number of hydrogen-bond acceptors (Lipinski definition) is 4. The van der Waals surface area contributed by atoms with Crippen LogP contribution in [-0.2, 0) is 17.8 Å². The SMILES string of the molecule is Cl.O=C(CCN1C(=O)c2ccccc2C1=O)Nc1ccc2c(c1F)CCNC2. The van der Waals surface area contributed by atoms with Crippen LogP contribution in [0.25, 0.3) is 0 Å². The Bertz CT molecular complexity index is 929. The summed E-state index contributed by atoms with van der Waals surface area (Å²) >= 11 is 0. The maximum Gasteiger partial charge on any atom is 0.261 e. The molecular weight excluding hydrogens is 385 g/mol. The van der Waals surface area contributed by atoms with Crippen molar-refractivity contribution in [1.82, 2.24) is 10.2 Å². The Morgan fingerprint density at radius 1 is 1.11 bits per heavy atom. The molecule has 0 spiro atoms. The lowest BCUT2D eigenvalue weighted by molar-refractivity contribution is -0.116. The van der Waals surface area contributed by atoms with E-state index in [-0.39, 0.29) is 31.1 Å². The summed E-state index contributed by atoms with van der Waals surface area (Å²) in [6, 6.07) is 9.90. The van der Waals surface area contributed by atoms with E-state index in [1.54, 1.807) is 36.4 Å². The van der Waals surface area contributed by atoms with Crippen LogP contribution in [0.15, 0.2) is 36.4 Å². The van der Waals surface area contributed by atoms with E-state index < -0.39 is 23.5 Å². The van der Waals surface area contributed by atoms with E-state index in [9.17, 15) is 18.8 Å². The van der Waals surface area contributed by atoms with Gasteiger partial charge in [-0.15, -0.1) is 12.4 Å². The van der Waals surface area contributed by atoms with Crippen molar-refractivity contribution in [3.05, 3.63) is 64.5 Å². The van der Waals surface area contributed by atoms with Crippen LogP contribution in [0.5, 0.6) is 0 Å². The number of carbonyl (C=O) groups is 3. The zero-order valence-corrected chi connectivity index (χ0v) is 15.8. The smallest absolute Gasteiger partial charge is 0.261 e. The average molecular weight is 404 g/mol. The second-order valence-corrected chi connectivity index (χ2v) is 6.60. The summed E-state index contributed by atoms with van der Waals surface area (Å²) in [6.07, 6.45) is 0.476. The van der Waals surface area contributed by atoms with Crippen LogP contribution in [0.4, 0.5) is 10.1 Å². The zero-order chi connectivity index (χ0) is 19.0. The third kappa shape index (κ3) is 3.50. The quantitative estimate of drug-likeness (QED) is 0.769. The molecule has 0 fully saturated rings. The molecule has 0 bridgehead atoms. The van der Waals surface area contributed by atoms with Gasteiger partial charge in [0.05, 0.1) is 16.8 Å². The van der Waals surface area contributed by atoms with Crippen molar-refractivity contribution >= 4 is 35.8 Å². The first kappa shape index (κ1) is 20.0. The Balaban J connectivity index is 0.00000225. The van der Waals surface area contributed by atoms with Crippen molar-refractivity contribution in [2.24, 2.45) is 0 Å². The first-order valence-electron chi connectivity index (χ1n) is 8.82. The molecule has 2 aromatic carbocycles. The van der Waals surface area contributed by atoms with Gasteiger partial charge in [0, 0.05) is 19.5 Å². The summed E-state index contributed by atoms with van der Waals surface area (Å²) in [5.74, 6) is -1.67. The highest BCUT2D eigenvalue weighted by Gasteiger charge is 2.35. The van der Waals surface area contributed by atoms with Crippen molar-refractivity contribution in [2.45, 2.75) is 19.4 Å². The van der Waals surface area contributed by atoms with Crippen LogP contribution in [-0.4, -0.2) is 35.7 Å². The molecule has 2 aliphatic heterocycles. The number of amides is 3. The number of nitrogens with zero attached hydrogens (tertiary/aromatic N) is 1. The third-order valence-corrected chi connectivity index (χ3v) is 4.92. The van der Waals surface area contributed by atoms with Gasteiger partial charge in [-0.25, -0.2) is 4.39 Å². The van der Waals surface area contributed by atoms with Crippen molar-refractivity contribution in [3.63, 3.8) is 0 Å². The molecule has 146 valence electrons. The molecule has 4 rings (SSSR count). The molecule has 0 atom stereocenters. The van der Waals surface area contributed by atoms with Crippen molar-refractivity contribution < 1.29 is 18.8 Å². The number of fused-ring (bicyclic) bond motifs is 2. The number of benzene rings is 2. The molecule has 8 heteroatoms. The molecule has 2 N–H and O–H groups in total. The third-order valence-electron chi connectivity index (χ3n) is 4.92. The van der Waals surface area contributed by atoms with Crippen LogP contribution in [0.2, 0.25) is 0 Å². The number of imide groups is 1. The highest BCUT2D eigenvalue weighted by molar-refractivity contribution is 6.21. The van der Waals surface area contributed by atoms with Crippen LogP contribution in [0.1, 0.15) is 38.3 Å². The number of rotatable bonds is 4. The molecule has 0 aliphatic carbocycles. The van der Waals surface area contributed by atoms with Crippen LogP contribution in [0.3, 0.4) is 0 Å². The molecule has 0 saturated heterocycles. The van der Waals surface area contributed by atoms with E-state index in [1.165, 1.54) is 0 Å². The first-order valence-corrected chi connectivity index (χ1v) is 8.82. The monoisotopic (exact) mass is 403 g/mol. The normalized spacial score (nSPS) is 15.0. The molecule has 2 heterocycles. The fourth-order valence-corrected chi connectivity index (χ4v) is 3.50. The number of nitrogens with one attached hydrogen (secondary N) is 2. The van der Waals surface area contributed by atoms with E-state index >= 15 is 0 Å². The fraction of sp³-hybridized carbons (Fsp3) is 0.250. The fourth-order valence-electron chi connectivity index (χ4n) is 3.50. The lowest BCUT2D eigenvalue weighted by atomic mass is 9.99. The Morgan fingerprint density at radius 2 is 1.79 bits per heavy atom. The maximum absolute atomic E-state index is 14.6. The summed E-state index contributed by atoms with van der Waals surface area (Å²) in [5, 5.41) is 5.72. The lowest BCUT2D eigenvalue weighted by Gasteiger charge is -2.19. The van der Waals surface area contributed by atoms with E-state index in [4.69, 9.17) is 0 Å².